The normalized spacial score (nSPS) is 16.4. The number of anilines is 1. The second-order valence-corrected chi connectivity index (χ2v) is 8.82. The first-order chi connectivity index (χ1) is 16.8. The molecule has 1 unspecified atom stereocenters. The lowest BCUT2D eigenvalue weighted by atomic mass is 10.1. The molecular formula is C25H30N6O4. The van der Waals surface area contributed by atoms with Crippen molar-refractivity contribution in [3.05, 3.63) is 59.2 Å². The van der Waals surface area contributed by atoms with Crippen LogP contribution in [0.25, 0.3) is 0 Å². The number of aliphatic imine (C=N–C) groups is 1. The Balaban J connectivity index is 1.46. The number of benzene rings is 2. The van der Waals surface area contributed by atoms with Gasteiger partial charge in [-0.25, -0.2) is 4.99 Å². The molecule has 0 saturated carbocycles. The lowest BCUT2D eigenvalue weighted by Gasteiger charge is -2.25. The molecular weight excluding hydrogens is 448 g/mol. The number of aliphatic hydroxyl groups excluding tert-OH is 1. The van der Waals surface area contributed by atoms with E-state index in [4.69, 9.17) is 11.5 Å². The van der Waals surface area contributed by atoms with Crippen LogP contribution in [0.4, 0.5) is 11.4 Å². The van der Waals surface area contributed by atoms with Crippen LogP contribution in [0.5, 0.6) is 0 Å². The molecule has 2 heterocycles. The fraction of sp³-hybridized carbons (Fsp3) is 0.360. The highest BCUT2D eigenvalue weighted by Gasteiger charge is 2.36. The van der Waals surface area contributed by atoms with E-state index < -0.39 is 30.0 Å². The molecule has 4 rings (SSSR count). The van der Waals surface area contributed by atoms with Gasteiger partial charge in [-0.3, -0.25) is 19.3 Å². The van der Waals surface area contributed by atoms with Crippen LogP contribution < -0.4 is 22.1 Å². The molecule has 0 fully saturated rings. The van der Waals surface area contributed by atoms with Crippen LogP contribution in [0.1, 0.15) is 47.7 Å². The minimum Gasteiger partial charge on any atom is -0.391 e. The van der Waals surface area contributed by atoms with Gasteiger partial charge in [0, 0.05) is 11.3 Å². The Hall–Kier alpha value is -3.60. The fourth-order valence-corrected chi connectivity index (χ4v) is 4.23. The standard InChI is InChI=1S/C25H30N6O4/c1-14(32)21(30-23(33)19(27)8-4-5-11-26)24(34)28-16-9-10-20-15(12-16)13-31-22(29-20)17-6-2-3-7-18(17)25(31)35/h2-3,6-7,9-10,12,14,19,21,32H,4-5,8,11,13,26-27H2,1H3,(H,28,34)(H,30,33)/t14?,19-,21+/m0/s1. The molecule has 10 heteroatoms. The third kappa shape index (κ3) is 5.09. The Morgan fingerprint density at radius 3 is 2.60 bits per heavy atom. The van der Waals surface area contributed by atoms with Crippen LogP contribution >= 0.6 is 0 Å². The SMILES string of the molecule is CC(O)[C@@H](NC(=O)[C@@H](N)CCCCN)C(=O)Nc1ccc2c(c1)CN1C(=O)c3ccccc3C1=N2. The van der Waals surface area contributed by atoms with Crippen molar-refractivity contribution in [1.29, 1.82) is 0 Å². The van der Waals surface area contributed by atoms with E-state index in [1.165, 1.54) is 6.92 Å². The highest BCUT2D eigenvalue weighted by atomic mass is 16.3. The molecule has 7 N–H and O–H groups in total. The van der Waals surface area contributed by atoms with Crippen molar-refractivity contribution >= 4 is 34.9 Å². The number of carbonyl (C=O) groups is 3. The number of rotatable bonds is 9. The Morgan fingerprint density at radius 2 is 1.89 bits per heavy atom. The number of nitrogens with one attached hydrogen (secondary N) is 2. The molecule has 184 valence electrons. The number of unbranched alkanes of at least 4 members (excludes halogenated alkanes) is 1. The molecule has 0 aromatic heterocycles. The predicted octanol–water partition coefficient (Wildman–Crippen LogP) is 0.995. The third-order valence-electron chi connectivity index (χ3n) is 6.17. The maximum atomic E-state index is 12.9. The van der Waals surface area contributed by atoms with E-state index in [1.54, 1.807) is 29.2 Å². The summed E-state index contributed by atoms with van der Waals surface area (Å²) >= 11 is 0. The van der Waals surface area contributed by atoms with Crippen molar-refractivity contribution in [3.63, 3.8) is 0 Å². The van der Waals surface area contributed by atoms with Gasteiger partial charge in [-0.15, -0.1) is 0 Å². The van der Waals surface area contributed by atoms with Crippen molar-refractivity contribution in [1.82, 2.24) is 10.2 Å². The Morgan fingerprint density at radius 1 is 1.14 bits per heavy atom. The maximum Gasteiger partial charge on any atom is 0.260 e. The number of amidine groups is 1. The number of hydrogen-bond donors (Lipinski definition) is 5. The van der Waals surface area contributed by atoms with Crippen molar-refractivity contribution < 1.29 is 19.5 Å². The van der Waals surface area contributed by atoms with Crippen LogP contribution in [0.15, 0.2) is 47.5 Å². The zero-order chi connectivity index (χ0) is 25.1. The fourth-order valence-electron chi connectivity index (χ4n) is 4.23. The molecule has 10 nitrogen and oxygen atoms in total. The first-order valence-electron chi connectivity index (χ1n) is 11.7. The van der Waals surface area contributed by atoms with Gasteiger partial charge >= 0.3 is 0 Å². The molecule has 3 amide bonds. The Kier molecular flexibility index (Phi) is 7.25. The van der Waals surface area contributed by atoms with Crippen molar-refractivity contribution in [2.24, 2.45) is 16.5 Å². The van der Waals surface area contributed by atoms with Gasteiger partial charge in [-0.2, -0.15) is 0 Å². The molecule has 0 bridgehead atoms. The van der Waals surface area contributed by atoms with E-state index in [-0.39, 0.29) is 5.91 Å². The van der Waals surface area contributed by atoms with E-state index in [0.717, 1.165) is 17.5 Å². The summed E-state index contributed by atoms with van der Waals surface area (Å²) in [5.41, 5.74) is 14.7. The van der Waals surface area contributed by atoms with Crippen LogP contribution in [0.3, 0.4) is 0 Å². The number of nitrogens with two attached hydrogens (primary N) is 2. The van der Waals surface area contributed by atoms with Gasteiger partial charge in [-0.1, -0.05) is 24.6 Å². The molecule has 0 radical (unpaired) electrons. The maximum absolute atomic E-state index is 12.9. The summed E-state index contributed by atoms with van der Waals surface area (Å²) in [4.78, 5) is 44.4. The molecule has 2 aromatic carbocycles. The van der Waals surface area contributed by atoms with Gasteiger partial charge in [-0.05, 0) is 56.1 Å². The molecule has 2 aromatic rings. The van der Waals surface area contributed by atoms with Gasteiger partial charge in [0.05, 0.1) is 29.9 Å². The number of aliphatic hydroxyl groups is 1. The highest BCUT2D eigenvalue weighted by Crippen LogP contribution is 2.35. The smallest absolute Gasteiger partial charge is 0.260 e. The Labute approximate surface area is 203 Å². The second-order valence-electron chi connectivity index (χ2n) is 8.82. The molecule has 3 atom stereocenters. The summed E-state index contributed by atoms with van der Waals surface area (Å²) in [6.07, 6.45) is 0.741. The molecule has 35 heavy (non-hydrogen) atoms. The molecule has 0 spiro atoms. The van der Waals surface area contributed by atoms with E-state index in [1.807, 2.05) is 18.2 Å². The Bertz CT molecular complexity index is 1180. The van der Waals surface area contributed by atoms with Crippen LogP contribution in [0, 0.1) is 0 Å². The summed E-state index contributed by atoms with van der Waals surface area (Å²) in [7, 11) is 0. The van der Waals surface area contributed by atoms with Gasteiger partial charge < -0.3 is 27.2 Å². The number of hydrogen-bond acceptors (Lipinski definition) is 7. The average molecular weight is 479 g/mol. The zero-order valence-corrected chi connectivity index (χ0v) is 19.5. The van der Waals surface area contributed by atoms with Gasteiger partial charge in [0.25, 0.3) is 5.91 Å². The summed E-state index contributed by atoms with van der Waals surface area (Å²) in [6.45, 7) is 2.25. The highest BCUT2D eigenvalue weighted by molar-refractivity contribution is 6.24. The van der Waals surface area contributed by atoms with Crippen LogP contribution in [-0.2, 0) is 16.1 Å². The predicted molar refractivity (Wildman–Crippen MR) is 132 cm³/mol. The van der Waals surface area contributed by atoms with E-state index in [9.17, 15) is 19.5 Å². The lowest BCUT2D eigenvalue weighted by Crippen LogP contribution is -2.54. The number of carbonyl (C=O) groups excluding carboxylic acids is 3. The van der Waals surface area contributed by atoms with Crippen LogP contribution in [-0.4, -0.2) is 58.3 Å². The van der Waals surface area contributed by atoms with Crippen molar-refractivity contribution in [3.8, 4) is 0 Å². The summed E-state index contributed by atoms with van der Waals surface area (Å²) in [5, 5.41) is 15.4. The minimum absolute atomic E-state index is 0.112. The molecule has 0 aliphatic carbocycles. The first-order valence-corrected chi connectivity index (χ1v) is 11.7. The number of fused-ring (bicyclic) bond motifs is 4. The topological polar surface area (TPSA) is 163 Å². The van der Waals surface area contributed by atoms with Crippen molar-refractivity contribution in [2.75, 3.05) is 11.9 Å². The number of amides is 3. The second kappa shape index (κ2) is 10.3. The number of nitrogens with zero attached hydrogens (tertiary/aromatic N) is 2. The van der Waals surface area contributed by atoms with E-state index in [0.29, 0.717) is 48.7 Å². The van der Waals surface area contributed by atoms with Gasteiger partial charge in [0.2, 0.25) is 11.8 Å². The summed E-state index contributed by atoms with van der Waals surface area (Å²) in [6, 6.07) is 10.6. The zero-order valence-electron chi connectivity index (χ0n) is 19.5. The largest absolute Gasteiger partial charge is 0.391 e. The third-order valence-corrected chi connectivity index (χ3v) is 6.17. The summed E-state index contributed by atoms with van der Waals surface area (Å²) < 4.78 is 0. The molecule has 2 aliphatic heterocycles. The lowest BCUT2D eigenvalue weighted by molar-refractivity contribution is -0.129. The van der Waals surface area contributed by atoms with Gasteiger partial charge in [0.15, 0.2) is 0 Å². The van der Waals surface area contributed by atoms with Crippen LogP contribution in [0.2, 0.25) is 0 Å². The van der Waals surface area contributed by atoms with E-state index >= 15 is 0 Å². The molecule has 2 aliphatic rings. The van der Waals surface area contributed by atoms with E-state index in [2.05, 4.69) is 15.6 Å². The summed E-state index contributed by atoms with van der Waals surface area (Å²) in [5.74, 6) is -0.580. The van der Waals surface area contributed by atoms with Crippen molar-refractivity contribution in [2.45, 2.75) is 50.9 Å². The molecule has 0 saturated heterocycles. The minimum atomic E-state index is -1.18. The average Bonchev–Trinajstić information content (AvgIpc) is 3.12. The van der Waals surface area contributed by atoms with Gasteiger partial charge in [0.1, 0.15) is 11.9 Å². The quantitative estimate of drug-likeness (QED) is 0.338. The monoisotopic (exact) mass is 478 g/mol. The first kappa shape index (κ1) is 24.5.